The molecule has 1 amide bonds. The Morgan fingerprint density at radius 1 is 1.10 bits per heavy atom. The molecule has 30 heavy (non-hydrogen) atoms. The average molecular weight is 413 g/mol. The normalized spacial score (nSPS) is 17.0. The number of hydrogen-bond donors (Lipinski definition) is 1. The van der Waals surface area contributed by atoms with Crippen LogP contribution in [-0.2, 0) is 17.8 Å². The predicted octanol–water partition coefficient (Wildman–Crippen LogP) is 3.73. The largest absolute Gasteiger partial charge is 0.497 e. The van der Waals surface area contributed by atoms with Crippen LogP contribution in [0.4, 0.5) is 0 Å². The summed E-state index contributed by atoms with van der Waals surface area (Å²) in [5.74, 6) is 2.29. The second-order valence-electron chi connectivity index (χ2n) is 7.63. The van der Waals surface area contributed by atoms with Gasteiger partial charge in [0, 0.05) is 26.1 Å². The van der Waals surface area contributed by atoms with Gasteiger partial charge in [0.2, 0.25) is 5.91 Å². The lowest BCUT2D eigenvalue weighted by atomic mass is 9.86. The van der Waals surface area contributed by atoms with Crippen LogP contribution in [0.15, 0.2) is 36.4 Å². The standard InChI is InChI=1S/C24H32N2O4/c1-6-21(25-16(2)27)24-20-14-23(30-5)22(29-4)13-18(20)11-12-26(24)15-17-7-9-19(28-3)10-8-17/h7-10,13-14,21,24H,6,11-12,15H2,1-5H3,(H,25,27)/t21-,24-/m0/s1. The molecule has 0 fully saturated rings. The van der Waals surface area contributed by atoms with E-state index in [0.717, 1.165) is 37.4 Å². The lowest BCUT2D eigenvalue weighted by Gasteiger charge is -2.42. The van der Waals surface area contributed by atoms with Crippen molar-refractivity contribution in [3.63, 3.8) is 0 Å². The quantitative estimate of drug-likeness (QED) is 0.716. The van der Waals surface area contributed by atoms with E-state index in [2.05, 4.69) is 41.4 Å². The van der Waals surface area contributed by atoms with Gasteiger partial charge in [0.15, 0.2) is 11.5 Å². The van der Waals surface area contributed by atoms with Gasteiger partial charge in [-0.3, -0.25) is 9.69 Å². The second-order valence-corrected chi connectivity index (χ2v) is 7.63. The third-order valence-corrected chi connectivity index (χ3v) is 5.78. The zero-order chi connectivity index (χ0) is 21.7. The number of carbonyl (C=O) groups is 1. The molecular formula is C24H32N2O4. The molecule has 2 aromatic rings. The van der Waals surface area contributed by atoms with E-state index in [9.17, 15) is 4.79 Å². The lowest BCUT2D eigenvalue weighted by Crippen LogP contribution is -2.48. The lowest BCUT2D eigenvalue weighted by molar-refractivity contribution is -0.120. The molecule has 0 saturated heterocycles. The Hall–Kier alpha value is -2.73. The number of methoxy groups -OCH3 is 3. The van der Waals surface area contributed by atoms with Gasteiger partial charge in [-0.15, -0.1) is 0 Å². The highest BCUT2D eigenvalue weighted by atomic mass is 16.5. The molecule has 3 rings (SSSR count). The average Bonchev–Trinajstić information content (AvgIpc) is 2.77. The first-order chi connectivity index (χ1) is 14.5. The van der Waals surface area contributed by atoms with Crippen molar-refractivity contribution in [3.8, 4) is 17.2 Å². The van der Waals surface area contributed by atoms with Crippen LogP contribution in [0, 0.1) is 0 Å². The minimum Gasteiger partial charge on any atom is -0.497 e. The van der Waals surface area contributed by atoms with Gasteiger partial charge in [0.05, 0.1) is 27.4 Å². The molecule has 2 aromatic carbocycles. The van der Waals surface area contributed by atoms with Crippen LogP contribution in [0.1, 0.15) is 43.0 Å². The highest BCUT2D eigenvalue weighted by molar-refractivity contribution is 5.73. The molecule has 0 bridgehead atoms. The molecule has 0 radical (unpaired) electrons. The Kier molecular flexibility index (Phi) is 7.21. The maximum absolute atomic E-state index is 11.9. The van der Waals surface area contributed by atoms with E-state index in [1.54, 1.807) is 28.3 Å². The summed E-state index contributed by atoms with van der Waals surface area (Å²) in [5.41, 5.74) is 3.64. The van der Waals surface area contributed by atoms with Crippen molar-refractivity contribution in [3.05, 3.63) is 53.1 Å². The van der Waals surface area contributed by atoms with Crippen molar-refractivity contribution >= 4 is 5.91 Å². The van der Waals surface area contributed by atoms with Gasteiger partial charge in [-0.05, 0) is 53.8 Å². The summed E-state index contributed by atoms with van der Waals surface area (Å²) in [4.78, 5) is 14.4. The van der Waals surface area contributed by atoms with Crippen molar-refractivity contribution in [1.29, 1.82) is 0 Å². The van der Waals surface area contributed by atoms with Crippen LogP contribution in [0.5, 0.6) is 17.2 Å². The zero-order valence-electron chi connectivity index (χ0n) is 18.5. The van der Waals surface area contributed by atoms with E-state index in [0.29, 0.717) is 5.75 Å². The summed E-state index contributed by atoms with van der Waals surface area (Å²) in [6.45, 7) is 5.38. The van der Waals surface area contributed by atoms with Gasteiger partial charge in [0.1, 0.15) is 5.75 Å². The molecular weight excluding hydrogens is 380 g/mol. The van der Waals surface area contributed by atoms with Crippen molar-refractivity contribution in [2.45, 2.75) is 45.3 Å². The number of benzene rings is 2. The molecule has 6 nitrogen and oxygen atoms in total. The van der Waals surface area contributed by atoms with Gasteiger partial charge in [-0.25, -0.2) is 0 Å². The van der Waals surface area contributed by atoms with Crippen molar-refractivity contribution in [1.82, 2.24) is 10.2 Å². The third kappa shape index (κ3) is 4.70. The summed E-state index contributed by atoms with van der Waals surface area (Å²) in [7, 11) is 4.99. The van der Waals surface area contributed by atoms with Crippen molar-refractivity contribution < 1.29 is 19.0 Å². The van der Waals surface area contributed by atoms with Crippen LogP contribution >= 0.6 is 0 Å². The molecule has 2 atom stereocenters. The molecule has 1 aliphatic rings. The minimum absolute atomic E-state index is 0.00195. The zero-order valence-corrected chi connectivity index (χ0v) is 18.5. The van der Waals surface area contributed by atoms with E-state index in [1.807, 2.05) is 12.1 Å². The van der Waals surface area contributed by atoms with Gasteiger partial charge in [-0.1, -0.05) is 19.1 Å². The van der Waals surface area contributed by atoms with E-state index in [4.69, 9.17) is 14.2 Å². The molecule has 0 aromatic heterocycles. The molecule has 162 valence electrons. The van der Waals surface area contributed by atoms with Crippen molar-refractivity contribution in [2.75, 3.05) is 27.9 Å². The summed E-state index contributed by atoms with van der Waals surface area (Å²) < 4.78 is 16.4. The number of nitrogens with one attached hydrogen (secondary N) is 1. The van der Waals surface area contributed by atoms with E-state index in [-0.39, 0.29) is 18.0 Å². The van der Waals surface area contributed by atoms with Crippen molar-refractivity contribution in [2.24, 2.45) is 0 Å². The molecule has 1 heterocycles. The first-order valence-electron chi connectivity index (χ1n) is 10.4. The van der Waals surface area contributed by atoms with Crippen LogP contribution in [0.25, 0.3) is 0 Å². The van der Waals surface area contributed by atoms with Gasteiger partial charge in [0.25, 0.3) is 0 Å². The maximum atomic E-state index is 11.9. The Balaban J connectivity index is 2.00. The Bertz CT molecular complexity index is 866. The molecule has 0 aliphatic carbocycles. The number of hydrogen-bond acceptors (Lipinski definition) is 5. The smallest absolute Gasteiger partial charge is 0.217 e. The Morgan fingerprint density at radius 3 is 2.33 bits per heavy atom. The molecule has 0 saturated carbocycles. The van der Waals surface area contributed by atoms with E-state index < -0.39 is 0 Å². The first kappa shape index (κ1) is 22.0. The monoisotopic (exact) mass is 412 g/mol. The Morgan fingerprint density at radius 2 is 1.77 bits per heavy atom. The minimum atomic E-state index is -0.0150. The summed E-state index contributed by atoms with van der Waals surface area (Å²) in [6, 6.07) is 12.4. The number of fused-ring (bicyclic) bond motifs is 1. The maximum Gasteiger partial charge on any atom is 0.217 e. The fourth-order valence-corrected chi connectivity index (χ4v) is 4.31. The van der Waals surface area contributed by atoms with E-state index in [1.165, 1.54) is 16.7 Å². The molecule has 6 heteroatoms. The van der Waals surface area contributed by atoms with Crippen LogP contribution in [0.2, 0.25) is 0 Å². The van der Waals surface area contributed by atoms with Gasteiger partial charge in [-0.2, -0.15) is 0 Å². The number of nitrogens with zero attached hydrogens (tertiary/aromatic N) is 1. The number of ether oxygens (including phenoxy) is 3. The molecule has 0 unspecified atom stereocenters. The fourth-order valence-electron chi connectivity index (χ4n) is 4.31. The van der Waals surface area contributed by atoms with Crippen LogP contribution in [-0.4, -0.2) is 44.7 Å². The fraction of sp³-hybridized carbons (Fsp3) is 0.458. The first-order valence-corrected chi connectivity index (χ1v) is 10.4. The summed E-state index contributed by atoms with van der Waals surface area (Å²) in [6.07, 6.45) is 1.75. The second kappa shape index (κ2) is 9.85. The molecule has 0 spiro atoms. The van der Waals surface area contributed by atoms with Crippen LogP contribution < -0.4 is 19.5 Å². The Labute approximate surface area is 179 Å². The predicted molar refractivity (Wildman–Crippen MR) is 117 cm³/mol. The van der Waals surface area contributed by atoms with Gasteiger partial charge < -0.3 is 19.5 Å². The van der Waals surface area contributed by atoms with E-state index >= 15 is 0 Å². The highest BCUT2D eigenvalue weighted by Gasteiger charge is 2.34. The summed E-state index contributed by atoms with van der Waals surface area (Å²) in [5, 5.41) is 3.17. The highest BCUT2D eigenvalue weighted by Crippen LogP contribution is 2.40. The number of rotatable bonds is 8. The topological polar surface area (TPSA) is 60.0 Å². The number of amides is 1. The third-order valence-electron chi connectivity index (χ3n) is 5.78. The van der Waals surface area contributed by atoms with Crippen LogP contribution in [0.3, 0.4) is 0 Å². The molecule has 1 aliphatic heterocycles. The van der Waals surface area contributed by atoms with Gasteiger partial charge >= 0.3 is 0 Å². The summed E-state index contributed by atoms with van der Waals surface area (Å²) >= 11 is 0. The SMILES string of the molecule is CC[C@H](NC(C)=O)[C@@H]1c2cc(OC)c(OC)cc2CCN1Cc1ccc(OC)cc1. The molecule has 1 N–H and O–H groups in total. The number of carbonyl (C=O) groups excluding carboxylic acids is 1.